The third-order valence-electron chi connectivity index (χ3n) is 5.16. The first-order valence-corrected chi connectivity index (χ1v) is 9.77. The van der Waals surface area contributed by atoms with Crippen LogP contribution >= 0.6 is 11.8 Å². The highest BCUT2D eigenvalue weighted by atomic mass is 32.2. The first-order valence-electron chi connectivity index (χ1n) is 8.78. The van der Waals surface area contributed by atoms with Crippen molar-refractivity contribution in [2.75, 3.05) is 33.1 Å². The van der Waals surface area contributed by atoms with Crippen molar-refractivity contribution in [2.45, 2.75) is 25.8 Å². The van der Waals surface area contributed by atoms with Crippen molar-refractivity contribution in [3.63, 3.8) is 0 Å². The number of thioether (sulfide) groups is 1. The Morgan fingerprint density at radius 3 is 2.77 bits per heavy atom. The number of fused-ring (bicyclic) bond motifs is 4. The molecule has 4 rings (SSSR count). The van der Waals surface area contributed by atoms with Crippen molar-refractivity contribution in [1.82, 2.24) is 4.90 Å². The molecule has 138 valence electrons. The summed E-state index contributed by atoms with van der Waals surface area (Å²) in [7, 11) is 3.31. The molecule has 0 fully saturated rings. The van der Waals surface area contributed by atoms with Crippen LogP contribution in [0.1, 0.15) is 30.5 Å². The van der Waals surface area contributed by atoms with Gasteiger partial charge in [0.25, 0.3) is 0 Å². The van der Waals surface area contributed by atoms with Crippen LogP contribution in [-0.2, 0) is 16.1 Å². The summed E-state index contributed by atoms with van der Waals surface area (Å²) in [5.74, 6) is 2.19. The maximum atomic E-state index is 12.4. The molecule has 7 heteroatoms. The monoisotopic (exact) mass is 374 g/mol. The third kappa shape index (κ3) is 2.65. The Morgan fingerprint density at radius 1 is 1.27 bits per heavy atom. The first kappa shape index (κ1) is 17.3. The fourth-order valence-electron chi connectivity index (χ4n) is 3.99. The number of carbonyl (C=O) groups excluding carboxylic acids is 1. The van der Waals surface area contributed by atoms with Crippen LogP contribution in [0.5, 0.6) is 11.5 Å². The molecule has 1 aromatic carbocycles. The van der Waals surface area contributed by atoms with Crippen LogP contribution in [0.3, 0.4) is 0 Å². The van der Waals surface area contributed by atoms with Crippen LogP contribution in [0.2, 0.25) is 0 Å². The summed E-state index contributed by atoms with van der Waals surface area (Å²) in [5, 5.41) is 4.38. The van der Waals surface area contributed by atoms with Gasteiger partial charge in [0.05, 0.1) is 31.5 Å². The fourth-order valence-corrected chi connectivity index (χ4v) is 4.95. The number of benzene rings is 1. The third-order valence-corrected chi connectivity index (χ3v) is 6.05. The van der Waals surface area contributed by atoms with Gasteiger partial charge in [-0.25, -0.2) is 0 Å². The number of carbonyl (C=O) groups is 1. The lowest BCUT2D eigenvalue weighted by Crippen LogP contribution is -2.41. The molecule has 3 aliphatic heterocycles. The van der Waals surface area contributed by atoms with Gasteiger partial charge in [0, 0.05) is 24.4 Å². The number of oxime groups is 1. The lowest BCUT2D eigenvalue weighted by molar-refractivity contribution is -0.107. The van der Waals surface area contributed by atoms with Crippen LogP contribution in [0.15, 0.2) is 28.6 Å². The smallest absolute Gasteiger partial charge is 0.223 e. The number of rotatable bonds is 4. The zero-order valence-electron chi connectivity index (χ0n) is 15.2. The van der Waals surface area contributed by atoms with E-state index < -0.39 is 0 Å². The lowest BCUT2D eigenvalue weighted by Gasteiger charge is -2.43. The van der Waals surface area contributed by atoms with Crippen molar-refractivity contribution in [3.8, 4) is 11.5 Å². The SMILES string of the molecule is CCO/N=C1\C[C@@H]2c3cc(OC)c(OC)cc3CCN2C2=C1C(=O)SC2. The standard InChI is InChI=1S/C19H22N2O4S/c1-4-25-20-13-9-14-12-8-17(24-3)16(23-2)7-11(12)5-6-21(14)15-10-26-19(22)18(13)15/h7-8,14H,4-6,9-10H2,1-3H3/b20-13+/t14-/m1/s1. The van der Waals surface area contributed by atoms with Crippen molar-refractivity contribution in [1.29, 1.82) is 0 Å². The summed E-state index contributed by atoms with van der Waals surface area (Å²) in [6, 6.07) is 4.28. The second-order valence-electron chi connectivity index (χ2n) is 6.42. The Balaban J connectivity index is 1.80. The van der Waals surface area contributed by atoms with Gasteiger partial charge in [-0.05, 0) is 36.6 Å². The van der Waals surface area contributed by atoms with Crippen molar-refractivity contribution in [3.05, 3.63) is 34.5 Å². The van der Waals surface area contributed by atoms with Gasteiger partial charge < -0.3 is 19.2 Å². The topological polar surface area (TPSA) is 60.4 Å². The summed E-state index contributed by atoms with van der Waals surface area (Å²) >= 11 is 1.35. The minimum absolute atomic E-state index is 0.106. The minimum Gasteiger partial charge on any atom is -0.493 e. The molecule has 0 saturated heterocycles. The van der Waals surface area contributed by atoms with Crippen molar-refractivity contribution in [2.24, 2.45) is 5.16 Å². The minimum atomic E-state index is 0.106. The largest absolute Gasteiger partial charge is 0.493 e. The molecule has 1 atom stereocenters. The van der Waals surface area contributed by atoms with Crippen LogP contribution in [0, 0.1) is 0 Å². The number of methoxy groups -OCH3 is 2. The molecule has 1 aromatic rings. The van der Waals surface area contributed by atoms with Gasteiger partial charge in [-0.1, -0.05) is 16.9 Å². The van der Waals surface area contributed by atoms with Crippen LogP contribution in [-0.4, -0.2) is 48.9 Å². The van der Waals surface area contributed by atoms with E-state index in [1.807, 2.05) is 6.92 Å². The van der Waals surface area contributed by atoms with Gasteiger partial charge >= 0.3 is 0 Å². The Morgan fingerprint density at radius 2 is 2.04 bits per heavy atom. The van der Waals surface area contributed by atoms with E-state index in [0.29, 0.717) is 18.8 Å². The highest BCUT2D eigenvalue weighted by molar-refractivity contribution is 8.14. The Hall–Kier alpha value is -2.15. The van der Waals surface area contributed by atoms with E-state index in [-0.39, 0.29) is 11.2 Å². The first-order chi connectivity index (χ1) is 12.7. The molecular weight excluding hydrogens is 352 g/mol. The molecule has 3 aliphatic rings. The maximum absolute atomic E-state index is 12.4. The molecular formula is C19H22N2O4S. The predicted molar refractivity (Wildman–Crippen MR) is 101 cm³/mol. The maximum Gasteiger partial charge on any atom is 0.223 e. The van der Waals surface area contributed by atoms with E-state index in [2.05, 4.69) is 22.2 Å². The summed E-state index contributed by atoms with van der Waals surface area (Å²) in [5.41, 5.74) is 5.09. The number of hydrogen-bond donors (Lipinski definition) is 0. The highest BCUT2D eigenvalue weighted by Gasteiger charge is 2.42. The number of hydrogen-bond acceptors (Lipinski definition) is 7. The van der Waals surface area contributed by atoms with E-state index >= 15 is 0 Å². The second kappa shape index (κ2) is 6.87. The molecule has 0 aliphatic carbocycles. The number of nitrogens with zero attached hydrogens (tertiary/aromatic N) is 2. The molecule has 3 heterocycles. The zero-order chi connectivity index (χ0) is 18.3. The molecule has 26 heavy (non-hydrogen) atoms. The molecule has 0 saturated carbocycles. The van der Waals surface area contributed by atoms with E-state index in [1.165, 1.54) is 22.9 Å². The number of ether oxygens (including phenoxy) is 2. The quantitative estimate of drug-likeness (QED) is 0.755. The molecule has 0 bridgehead atoms. The van der Waals surface area contributed by atoms with Gasteiger partial charge in [0.2, 0.25) is 5.12 Å². The van der Waals surface area contributed by atoms with Gasteiger partial charge in [-0.15, -0.1) is 0 Å². The average Bonchev–Trinajstić information content (AvgIpc) is 3.06. The second-order valence-corrected chi connectivity index (χ2v) is 7.37. The summed E-state index contributed by atoms with van der Waals surface area (Å²) in [6.07, 6.45) is 1.58. The van der Waals surface area contributed by atoms with Gasteiger partial charge in [0.15, 0.2) is 11.5 Å². The van der Waals surface area contributed by atoms with Crippen molar-refractivity contribution >= 4 is 22.6 Å². The van der Waals surface area contributed by atoms with E-state index in [1.54, 1.807) is 14.2 Å². The van der Waals surface area contributed by atoms with Gasteiger partial charge in [-0.2, -0.15) is 0 Å². The molecule has 6 nitrogen and oxygen atoms in total. The molecule has 0 N–H and O–H groups in total. The van der Waals surface area contributed by atoms with Crippen molar-refractivity contribution < 1.29 is 19.1 Å². The Bertz CT molecular complexity index is 818. The molecule has 0 radical (unpaired) electrons. The van der Waals surface area contributed by atoms with Crippen LogP contribution < -0.4 is 9.47 Å². The van der Waals surface area contributed by atoms with Crippen LogP contribution in [0.25, 0.3) is 0 Å². The summed E-state index contributed by atoms with van der Waals surface area (Å²) in [6.45, 7) is 3.28. The Kier molecular flexibility index (Phi) is 4.56. The normalized spacial score (nSPS) is 22.9. The average molecular weight is 374 g/mol. The summed E-state index contributed by atoms with van der Waals surface area (Å²) in [4.78, 5) is 20.1. The Labute approximate surface area is 157 Å². The lowest BCUT2D eigenvalue weighted by atomic mass is 9.84. The van der Waals surface area contributed by atoms with E-state index in [9.17, 15) is 4.79 Å². The molecule has 0 amide bonds. The van der Waals surface area contributed by atoms with Gasteiger partial charge in [-0.3, -0.25) is 4.79 Å². The fraction of sp³-hybridized carbons (Fsp3) is 0.474. The predicted octanol–water partition coefficient (Wildman–Crippen LogP) is 2.93. The summed E-state index contributed by atoms with van der Waals surface area (Å²) < 4.78 is 11.0. The highest BCUT2D eigenvalue weighted by Crippen LogP contribution is 2.47. The van der Waals surface area contributed by atoms with E-state index in [0.717, 1.165) is 41.4 Å². The van der Waals surface area contributed by atoms with Gasteiger partial charge in [0.1, 0.15) is 6.61 Å². The zero-order valence-corrected chi connectivity index (χ0v) is 16.0. The van der Waals surface area contributed by atoms with E-state index in [4.69, 9.17) is 14.3 Å². The molecule has 0 spiro atoms. The van der Waals surface area contributed by atoms with Crippen LogP contribution in [0.4, 0.5) is 0 Å². The molecule has 0 aromatic heterocycles. The molecule has 0 unspecified atom stereocenters.